The van der Waals surface area contributed by atoms with Gasteiger partial charge in [0.1, 0.15) is 11.6 Å². The van der Waals surface area contributed by atoms with Crippen LogP contribution in [0, 0.1) is 21.4 Å². The minimum absolute atomic E-state index is 0.131. The molecule has 1 aromatic carbocycles. The molecule has 0 radical (unpaired) electrons. The lowest BCUT2D eigenvalue weighted by atomic mass is 10.1. The molecule has 1 rings (SSSR count). The zero-order chi connectivity index (χ0) is 26.7. The van der Waals surface area contributed by atoms with E-state index in [1.54, 1.807) is 19.9 Å². The fraction of sp³-hybridized carbons (Fsp3) is 0.381. The molecule has 1 aromatic rings. The van der Waals surface area contributed by atoms with Crippen molar-refractivity contribution in [2.24, 2.45) is 0 Å². The molecule has 0 aliphatic carbocycles. The molecule has 0 bridgehead atoms. The monoisotopic (exact) mass is 493 g/mol. The summed E-state index contributed by atoms with van der Waals surface area (Å²) in [6.45, 7) is 4.00. The SMILES string of the molecule is CCN(CC)C(=O)/C(C#N)=C/c1cc(OC(=O)OC(CC(=O)OC)C(=O)OC)c(O)c([N+](=O)[O-])c1. The molecule has 14 nitrogen and oxygen atoms in total. The van der Waals surface area contributed by atoms with Gasteiger partial charge in [0.15, 0.2) is 5.75 Å². The number of carbonyl (C=O) groups is 4. The number of hydrogen-bond donors (Lipinski definition) is 1. The highest BCUT2D eigenvalue weighted by atomic mass is 16.7. The molecule has 1 N–H and O–H groups in total. The highest BCUT2D eigenvalue weighted by molar-refractivity contribution is 6.01. The summed E-state index contributed by atoms with van der Waals surface area (Å²) in [6, 6.07) is 3.49. The molecule has 0 aliphatic rings. The summed E-state index contributed by atoms with van der Waals surface area (Å²) >= 11 is 0. The van der Waals surface area contributed by atoms with Crippen LogP contribution in [0.15, 0.2) is 17.7 Å². The smallest absolute Gasteiger partial charge is 0.499 e. The zero-order valence-electron chi connectivity index (χ0n) is 19.3. The zero-order valence-corrected chi connectivity index (χ0v) is 19.3. The van der Waals surface area contributed by atoms with Crippen LogP contribution in [-0.4, -0.2) is 72.3 Å². The highest BCUT2D eigenvalue weighted by Crippen LogP contribution is 2.38. The molecule has 1 unspecified atom stereocenters. The number of phenolic OH excluding ortho intramolecular Hbond substituents is 1. The summed E-state index contributed by atoms with van der Waals surface area (Å²) in [5.74, 6) is -4.52. The van der Waals surface area contributed by atoms with E-state index in [0.717, 1.165) is 32.4 Å². The molecule has 14 heteroatoms. The first-order valence-electron chi connectivity index (χ1n) is 9.98. The Kier molecular flexibility index (Phi) is 10.6. The summed E-state index contributed by atoms with van der Waals surface area (Å²) < 4.78 is 18.3. The van der Waals surface area contributed by atoms with E-state index in [4.69, 9.17) is 9.47 Å². The predicted octanol–water partition coefficient (Wildman–Crippen LogP) is 1.70. The minimum atomic E-state index is -1.77. The van der Waals surface area contributed by atoms with Gasteiger partial charge in [0.05, 0.1) is 25.6 Å². The molecule has 0 heterocycles. The van der Waals surface area contributed by atoms with Crippen LogP contribution in [0.5, 0.6) is 11.5 Å². The van der Waals surface area contributed by atoms with Crippen molar-refractivity contribution in [2.45, 2.75) is 26.4 Å². The Labute approximate surface area is 199 Å². The number of nitro benzene ring substituents is 1. The normalized spacial score (nSPS) is 11.5. The standard InChI is InChI=1S/C21H23N3O11/c1-5-23(6-2)19(27)13(11-22)7-12-8-14(24(30)31)18(26)15(9-12)34-21(29)35-16(20(28)33-4)10-17(25)32-3/h7-9,16,26H,5-6,10H2,1-4H3/b13-7+. The molecule has 0 saturated carbocycles. The summed E-state index contributed by atoms with van der Waals surface area (Å²) in [5.41, 5.74) is -1.41. The van der Waals surface area contributed by atoms with Crippen LogP contribution in [0.4, 0.5) is 10.5 Å². The average molecular weight is 493 g/mol. The summed E-state index contributed by atoms with van der Waals surface area (Å²) in [5, 5.41) is 30.9. The molecule has 1 amide bonds. The predicted molar refractivity (Wildman–Crippen MR) is 116 cm³/mol. The maximum atomic E-state index is 12.5. The first-order chi connectivity index (χ1) is 16.5. The molecule has 0 saturated heterocycles. The van der Waals surface area contributed by atoms with E-state index >= 15 is 0 Å². The number of rotatable bonds is 10. The molecule has 0 spiro atoms. The van der Waals surface area contributed by atoms with Crippen molar-refractivity contribution in [1.82, 2.24) is 4.90 Å². The fourth-order valence-corrected chi connectivity index (χ4v) is 2.67. The van der Waals surface area contributed by atoms with Crippen molar-refractivity contribution in [1.29, 1.82) is 5.26 Å². The second-order valence-corrected chi connectivity index (χ2v) is 6.55. The van der Waals surface area contributed by atoms with Gasteiger partial charge in [-0.15, -0.1) is 0 Å². The molecule has 0 aliphatic heterocycles. The summed E-state index contributed by atoms with van der Waals surface area (Å²) in [7, 11) is 2.00. The lowest BCUT2D eigenvalue weighted by Gasteiger charge is -2.17. The third-order valence-corrected chi connectivity index (χ3v) is 4.46. The van der Waals surface area contributed by atoms with Gasteiger partial charge in [0.2, 0.25) is 11.9 Å². The van der Waals surface area contributed by atoms with E-state index in [1.165, 1.54) is 4.90 Å². The summed E-state index contributed by atoms with van der Waals surface area (Å²) in [6.07, 6.45) is -3.09. The number of nitriles is 1. The Morgan fingerprint density at radius 1 is 1.20 bits per heavy atom. The first-order valence-corrected chi connectivity index (χ1v) is 9.98. The van der Waals surface area contributed by atoms with E-state index in [9.17, 15) is 39.7 Å². The number of hydrogen-bond acceptors (Lipinski definition) is 12. The number of benzene rings is 1. The van der Waals surface area contributed by atoms with Crippen LogP contribution in [0.3, 0.4) is 0 Å². The largest absolute Gasteiger partial charge is 0.514 e. The van der Waals surface area contributed by atoms with Crippen molar-refractivity contribution in [3.05, 3.63) is 33.4 Å². The number of methoxy groups -OCH3 is 2. The number of aromatic hydroxyl groups is 1. The number of phenols is 1. The Bertz CT molecular complexity index is 1070. The number of nitro groups is 1. The van der Waals surface area contributed by atoms with Crippen molar-refractivity contribution in [3.63, 3.8) is 0 Å². The number of nitrogens with zero attached hydrogens (tertiary/aromatic N) is 3. The second kappa shape index (κ2) is 13.1. The Balaban J connectivity index is 3.37. The van der Waals surface area contributed by atoms with Gasteiger partial charge in [-0.25, -0.2) is 9.59 Å². The third kappa shape index (κ3) is 7.70. The van der Waals surface area contributed by atoms with Crippen molar-refractivity contribution >= 4 is 35.8 Å². The number of likely N-dealkylation sites (N-methyl/N-ethyl adjacent to an activating group) is 1. The maximum Gasteiger partial charge on any atom is 0.514 e. The lowest BCUT2D eigenvalue weighted by molar-refractivity contribution is -0.385. The third-order valence-electron chi connectivity index (χ3n) is 4.46. The Morgan fingerprint density at radius 2 is 1.83 bits per heavy atom. The van der Waals surface area contributed by atoms with Gasteiger partial charge in [0, 0.05) is 19.2 Å². The van der Waals surface area contributed by atoms with Gasteiger partial charge in [-0.2, -0.15) is 5.26 Å². The van der Waals surface area contributed by atoms with Crippen LogP contribution < -0.4 is 4.74 Å². The second-order valence-electron chi connectivity index (χ2n) is 6.55. The van der Waals surface area contributed by atoms with E-state index < -0.39 is 58.6 Å². The van der Waals surface area contributed by atoms with E-state index in [2.05, 4.69) is 9.47 Å². The molecular formula is C21H23N3O11. The van der Waals surface area contributed by atoms with E-state index in [0.29, 0.717) is 13.1 Å². The topological polar surface area (TPSA) is 196 Å². The van der Waals surface area contributed by atoms with Crippen LogP contribution in [0.25, 0.3) is 6.08 Å². The van der Waals surface area contributed by atoms with E-state index in [-0.39, 0.29) is 11.1 Å². The fourth-order valence-electron chi connectivity index (χ4n) is 2.67. The van der Waals surface area contributed by atoms with Gasteiger partial charge in [0.25, 0.3) is 5.91 Å². The minimum Gasteiger partial charge on any atom is -0.499 e. The molecule has 0 fully saturated rings. The summed E-state index contributed by atoms with van der Waals surface area (Å²) in [4.78, 5) is 59.6. The van der Waals surface area contributed by atoms with Crippen LogP contribution in [0.1, 0.15) is 25.8 Å². The molecular weight excluding hydrogens is 470 g/mol. The molecule has 1 atom stereocenters. The van der Waals surface area contributed by atoms with E-state index in [1.807, 2.05) is 0 Å². The van der Waals surface area contributed by atoms with Gasteiger partial charge in [-0.05, 0) is 31.6 Å². The quantitative estimate of drug-likeness (QED) is 0.0943. The van der Waals surface area contributed by atoms with Gasteiger partial charge in [-0.1, -0.05) is 0 Å². The Hall–Kier alpha value is -4.67. The average Bonchev–Trinajstić information content (AvgIpc) is 2.83. The maximum absolute atomic E-state index is 12.5. The lowest BCUT2D eigenvalue weighted by Crippen LogP contribution is -2.32. The van der Waals surface area contributed by atoms with Gasteiger partial charge < -0.3 is 29.0 Å². The molecule has 188 valence electrons. The van der Waals surface area contributed by atoms with Gasteiger partial charge >= 0.3 is 23.8 Å². The van der Waals surface area contributed by atoms with Gasteiger partial charge in [-0.3, -0.25) is 19.7 Å². The first kappa shape index (κ1) is 28.4. The molecule has 0 aromatic heterocycles. The highest BCUT2D eigenvalue weighted by Gasteiger charge is 2.30. The number of esters is 2. The van der Waals surface area contributed by atoms with Crippen LogP contribution >= 0.6 is 0 Å². The van der Waals surface area contributed by atoms with Crippen LogP contribution in [-0.2, 0) is 28.6 Å². The van der Waals surface area contributed by atoms with Crippen molar-refractivity contribution < 1.29 is 48.2 Å². The number of ether oxygens (including phenoxy) is 4. The van der Waals surface area contributed by atoms with Crippen molar-refractivity contribution in [2.75, 3.05) is 27.3 Å². The number of carbonyl (C=O) groups excluding carboxylic acids is 4. The Morgan fingerprint density at radius 3 is 2.31 bits per heavy atom. The van der Waals surface area contributed by atoms with Crippen LogP contribution in [0.2, 0.25) is 0 Å². The van der Waals surface area contributed by atoms with Crippen molar-refractivity contribution in [3.8, 4) is 17.6 Å². The number of amides is 1. The molecule has 35 heavy (non-hydrogen) atoms.